The molecule has 1 aliphatic rings. The third-order valence-electron chi connectivity index (χ3n) is 4.63. The van der Waals surface area contributed by atoms with Gasteiger partial charge in [-0.1, -0.05) is 48.5 Å². The summed E-state index contributed by atoms with van der Waals surface area (Å²) in [7, 11) is -0.930. The molecule has 0 bridgehead atoms. The second-order valence-corrected chi connectivity index (χ2v) is 8.67. The smallest absolute Gasteiger partial charge is 0.230 e. The normalized spacial score (nSPS) is 19.1. The minimum absolute atomic E-state index is 0.879. The number of aryl methyl sites for hydroxylation is 1. The van der Waals surface area contributed by atoms with Crippen LogP contribution in [-0.2, 0) is 4.57 Å². The standard InChI is InChI=1S/C20H18NOP/c1-15-9-8-14-19-20(15)17-12-6-7-13-18(17)21(2)23(19,22)16-10-4-3-5-11-16/h3-14H,1-2H3. The van der Waals surface area contributed by atoms with Crippen molar-refractivity contribution in [3.8, 4) is 11.1 Å². The minimum Gasteiger partial charge on any atom is -0.318 e. The molecule has 3 heteroatoms. The van der Waals surface area contributed by atoms with Crippen LogP contribution in [0.2, 0.25) is 0 Å². The molecule has 3 aromatic rings. The lowest BCUT2D eigenvalue weighted by molar-refractivity contribution is 0.585. The Morgan fingerprint density at radius 1 is 0.826 bits per heavy atom. The summed E-state index contributed by atoms with van der Waals surface area (Å²) in [6.45, 7) is 2.09. The fraction of sp³-hybridized carbons (Fsp3) is 0.100. The highest BCUT2D eigenvalue weighted by molar-refractivity contribution is 7.80. The van der Waals surface area contributed by atoms with Crippen LogP contribution in [0.4, 0.5) is 5.69 Å². The van der Waals surface area contributed by atoms with E-state index in [9.17, 15) is 4.57 Å². The number of fused-ring (bicyclic) bond motifs is 3. The fourth-order valence-electron chi connectivity index (χ4n) is 3.48. The molecule has 0 aliphatic carbocycles. The molecule has 1 unspecified atom stereocenters. The maximum Gasteiger partial charge on any atom is 0.230 e. The molecule has 0 radical (unpaired) electrons. The maximum absolute atomic E-state index is 14.2. The van der Waals surface area contributed by atoms with Gasteiger partial charge in [0.2, 0.25) is 7.29 Å². The van der Waals surface area contributed by atoms with E-state index in [4.69, 9.17) is 0 Å². The van der Waals surface area contributed by atoms with Crippen molar-refractivity contribution >= 4 is 23.6 Å². The minimum atomic E-state index is -2.87. The van der Waals surface area contributed by atoms with Gasteiger partial charge in [0, 0.05) is 23.2 Å². The average molecular weight is 319 g/mol. The summed E-state index contributed by atoms with van der Waals surface area (Å²) in [5, 5.41) is 1.81. The first-order chi connectivity index (χ1) is 11.1. The van der Waals surface area contributed by atoms with Crippen molar-refractivity contribution < 1.29 is 4.57 Å². The fourth-order valence-corrected chi connectivity index (χ4v) is 6.37. The van der Waals surface area contributed by atoms with E-state index in [1.165, 1.54) is 5.56 Å². The van der Waals surface area contributed by atoms with Crippen molar-refractivity contribution in [3.05, 3.63) is 78.4 Å². The largest absolute Gasteiger partial charge is 0.318 e. The Morgan fingerprint density at radius 2 is 1.52 bits per heavy atom. The molecule has 0 N–H and O–H groups in total. The molecule has 1 heterocycles. The van der Waals surface area contributed by atoms with E-state index < -0.39 is 7.29 Å². The van der Waals surface area contributed by atoms with Crippen LogP contribution >= 0.6 is 7.29 Å². The molecule has 4 rings (SSSR count). The number of benzene rings is 3. The van der Waals surface area contributed by atoms with Gasteiger partial charge in [0.05, 0.1) is 5.69 Å². The SMILES string of the molecule is Cc1cccc2c1-c1ccccc1N(C)P2(=O)c1ccccc1. The molecule has 3 aromatic carbocycles. The highest BCUT2D eigenvalue weighted by atomic mass is 31.2. The van der Waals surface area contributed by atoms with Crippen molar-refractivity contribution in [2.45, 2.75) is 6.92 Å². The Hall–Kier alpha value is -2.31. The Kier molecular flexibility index (Phi) is 3.18. The lowest BCUT2D eigenvalue weighted by atomic mass is 9.98. The number of hydrogen-bond acceptors (Lipinski definition) is 1. The van der Waals surface area contributed by atoms with Gasteiger partial charge in [-0.3, -0.25) is 4.57 Å². The van der Waals surface area contributed by atoms with Crippen LogP contribution in [0.25, 0.3) is 11.1 Å². The van der Waals surface area contributed by atoms with Crippen LogP contribution in [0.3, 0.4) is 0 Å². The maximum atomic E-state index is 14.2. The molecule has 0 fully saturated rings. The zero-order valence-corrected chi connectivity index (χ0v) is 14.1. The third-order valence-corrected chi connectivity index (χ3v) is 7.71. The number of rotatable bonds is 1. The van der Waals surface area contributed by atoms with Crippen LogP contribution in [0.15, 0.2) is 72.8 Å². The van der Waals surface area contributed by atoms with Crippen molar-refractivity contribution in [3.63, 3.8) is 0 Å². The monoisotopic (exact) mass is 319 g/mol. The Morgan fingerprint density at radius 3 is 2.30 bits per heavy atom. The van der Waals surface area contributed by atoms with Crippen molar-refractivity contribution in [2.75, 3.05) is 11.7 Å². The quantitative estimate of drug-likeness (QED) is 0.622. The Balaban J connectivity index is 2.12. The van der Waals surface area contributed by atoms with Gasteiger partial charge in [0.25, 0.3) is 0 Å². The molecule has 0 saturated heterocycles. The molecule has 2 nitrogen and oxygen atoms in total. The van der Waals surface area contributed by atoms with Crippen molar-refractivity contribution in [1.82, 2.24) is 0 Å². The summed E-state index contributed by atoms with van der Waals surface area (Å²) >= 11 is 0. The lowest BCUT2D eigenvalue weighted by Crippen LogP contribution is -2.34. The van der Waals surface area contributed by atoms with E-state index in [0.717, 1.165) is 27.4 Å². The van der Waals surface area contributed by atoms with Gasteiger partial charge in [-0.05, 0) is 42.3 Å². The van der Waals surface area contributed by atoms with Gasteiger partial charge < -0.3 is 4.67 Å². The van der Waals surface area contributed by atoms with Gasteiger partial charge in [-0.15, -0.1) is 0 Å². The van der Waals surface area contributed by atoms with E-state index in [1.54, 1.807) is 0 Å². The second-order valence-electron chi connectivity index (χ2n) is 5.92. The zero-order valence-electron chi connectivity index (χ0n) is 13.2. The van der Waals surface area contributed by atoms with Crippen LogP contribution < -0.4 is 15.3 Å². The van der Waals surface area contributed by atoms with Crippen LogP contribution in [0, 0.1) is 6.92 Å². The molecular weight excluding hydrogens is 301 g/mol. The highest BCUT2D eigenvalue weighted by Crippen LogP contribution is 2.56. The molecule has 0 saturated carbocycles. The van der Waals surface area contributed by atoms with Crippen molar-refractivity contribution in [2.24, 2.45) is 0 Å². The van der Waals surface area contributed by atoms with Gasteiger partial charge in [0.15, 0.2) is 0 Å². The molecule has 0 spiro atoms. The summed E-state index contributed by atoms with van der Waals surface area (Å²) < 4.78 is 16.2. The first-order valence-electron chi connectivity index (χ1n) is 7.73. The summed E-state index contributed by atoms with van der Waals surface area (Å²) in [6, 6.07) is 24.2. The van der Waals surface area contributed by atoms with Gasteiger partial charge in [-0.2, -0.15) is 0 Å². The van der Waals surface area contributed by atoms with E-state index in [1.807, 2.05) is 66.3 Å². The number of anilines is 1. The van der Waals surface area contributed by atoms with E-state index in [-0.39, 0.29) is 0 Å². The molecule has 1 atom stereocenters. The molecular formula is C20H18NOP. The summed E-state index contributed by atoms with van der Waals surface area (Å²) in [6.07, 6.45) is 0. The van der Waals surface area contributed by atoms with Gasteiger partial charge >= 0.3 is 0 Å². The molecule has 114 valence electrons. The second kappa shape index (κ2) is 5.11. The Bertz CT molecular complexity index is 933. The number of hydrogen-bond donors (Lipinski definition) is 0. The zero-order chi connectivity index (χ0) is 16.0. The summed E-state index contributed by atoms with van der Waals surface area (Å²) in [5.41, 5.74) is 4.47. The molecule has 1 aliphatic heterocycles. The molecule has 23 heavy (non-hydrogen) atoms. The van der Waals surface area contributed by atoms with Crippen LogP contribution in [0.5, 0.6) is 0 Å². The topological polar surface area (TPSA) is 20.3 Å². The number of nitrogens with zero attached hydrogens (tertiary/aromatic N) is 1. The van der Waals surface area contributed by atoms with Crippen molar-refractivity contribution in [1.29, 1.82) is 0 Å². The number of para-hydroxylation sites is 1. The first-order valence-corrected chi connectivity index (χ1v) is 9.39. The van der Waals surface area contributed by atoms with E-state index in [0.29, 0.717) is 0 Å². The predicted octanol–water partition coefficient (Wildman–Crippen LogP) is 4.34. The highest BCUT2D eigenvalue weighted by Gasteiger charge is 2.40. The van der Waals surface area contributed by atoms with E-state index in [2.05, 4.69) is 25.1 Å². The average Bonchev–Trinajstić information content (AvgIpc) is 2.60. The summed E-state index contributed by atoms with van der Waals surface area (Å²) in [5.74, 6) is 0. The van der Waals surface area contributed by atoms with Crippen LogP contribution in [-0.4, -0.2) is 7.05 Å². The predicted molar refractivity (Wildman–Crippen MR) is 98.3 cm³/mol. The third kappa shape index (κ3) is 1.92. The first kappa shape index (κ1) is 14.3. The van der Waals surface area contributed by atoms with Gasteiger partial charge in [-0.25, -0.2) is 0 Å². The van der Waals surface area contributed by atoms with Gasteiger partial charge in [0.1, 0.15) is 0 Å². The Labute approximate surface area is 136 Å². The summed E-state index contributed by atoms with van der Waals surface area (Å²) in [4.78, 5) is 0. The molecule has 0 aromatic heterocycles. The molecule has 0 amide bonds. The lowest BCUT2D eigenvalue weighted by Gasteiger charge is -2.38. The van der Waals surface area contributed by atoms with E-state index >= 15 is 0 Å². The van der Waals surface area contributed by atoms with Crippen LogP contribution in [0.1, 0.15) is 5.56 Å².